The summed E-state index contributed by atoms with van der Waals surface area (Å²) in [6, 6.07) is 7.51. The molecule has 0 fully saturated rings. The van der Waals surface area contributed by atoms with E-state index in [2.05, 4.69) is 5.32 Å². The molecule has 0 unspecified atom stereocenters. The second kappa shape index (κ2) is 5.22. The quantitative estimate of drug-likeness (QED) is 0.778. The highest BCUT2D eigenvalue weighted by Gasteiger charge is 2.00. The van der Waals surface area contributed by atoms with Crippen LogP contribution in [-0.2, 0) is 0 Å². The van der Waals surface area contributed by atoms with Crippen molar-refractivity contribution in [2.24, 2.45) is 0 Å². The SMILES string of the molecule is CC/C=C/NC(=O)c1ccc(C)cc1. The number of hydrogen-bond donors (Lipinski definition) is 1. The maximum Gasteiger partial charge on any atom is 0.255 e. The molecule has 1 rings (SSSR count). The van der Waals surface area contributed by atoms with Crippen molar-refractivity contribution in [1.82, 2.24) is 5.32 Å². The molecule has 0 saturated heterocycles. The molecule has 14 heavy (non-hydrogen) atoms. The summed E-state index contributed by atoms with van der Waals surface area (Å²) in [6.07, 6.45) is 4.52. The molecule has 74 valence electrons. The Morgan fingerprint density at radius 1 is 1.36 bits per heavy atom. The summed E-state index contributed by atoms with van der Waals surface area (Å²) in [7, 11) is 0. The Labute approximate surface area is 84.6 Å². The molecule has 0 bridgehead atoms. The minimum absolute atomic E-state index is 0.0605. The van der Waals surface area contributed by atoms with E-state index < -0.39 is 0 Å². The molecule has 2 nitrogen and oxygen atoms in total. The molecule has 0 saturated carbocycles. The number of allylic oxidation sites excluding steroid dienone is 1. The molecule has 0 heterocycles. The summed E-state index contributed by atoms with van der Waals surface area (Å²) < 4.78 is 0. The van der Waals surface area contributed by atoms with E-state index in [0.717, 1.165) is 12.0 Å². The zero-order chi connectivity index (χ0) is 10.4. The molecule has 1 aromatic rings. The summed E-state index contributed by atoms with van der Waals surface area (Å²) in [5, 5.41) is 2.70. The Kier molecular flexibility index (Phi) is 3.92. The van der Waals surface area contributed by atoms with E-state index in [1.165, 1.54) is 0 Å². The number of carbonyl (C=O) groups excluding carboxylic acids is 1. The third-order valence-electron chi connectivity index (χ3n) is 1.88. The fraction of sp³-hybridized carbons (Fsp3) is 0.250. The first kappa shape index (κ1) is 10.5. The van der Waals surface area contributed by atoms with Crippen LogP contribution in [0.4, 0.5) is 0 Å². The average molecular weight is 189 g/mol. The van der Waals surface area contributed by atoms with Gasteiger partial charge in [-0.1, -0.05) is 30.7 Å². The first-order valence-corrected chi connectivity index (χ1v) is 4.76. The van der Waals surface area contributed by atoms with Crippen LogP contribution in [0, 0.1) is 6.92 Å². The van der Waals surface area contributed by atoms with Crippen molar-refractivity contribution >= 4 is 5.91 Å². The van der Waals surface area contributed by atoms with Gasteiger partial charge in [-0.3, -0.25) is 4.79 Å². The Bertz CT molecular complexity index is 325. The van der Waals surface area contributed by atoms with Gasteiger partial charge >= 0.3 is 0 Å². The van der Waals surface area contributed by atoms with E-state index in [1.54, 1.807) is 6.20 Å². The Morgan fingerprint density at radius 2 is 2.00 bits per heavy atom. The van der Waals surface area contributed by atoms with E-state index in [1.807, 2.05) is 44.2 Å². The van der Waals surface area contributed by atoms with Gasteiger partial charge in [0.25, 0.3) is 5.91 Å². The smallest absolute Gasteiger partial charge is 0.255 e. The number of aryl methyl sites for hydroxylation is 1. The summed E-state index contributed by atoms with van der Waals surface area (Å²) >= 11 is 0. The lowest BCUT2D eigenvalue weighted by Crippen LogP contribution is -2.16. The third kappa shape index (κ3) is 3.05. The normalized spacial score (nSPS) is 10.4. The lowest BCUT2D eigenvalue weighted by Gasteiger charge is -2.00. The van der Waals surface area contributed by atoms with Gasteiger partial charge in [0.05, 0.1) is 0 Å². The second-order valence-corrected chi connectivity index (χ2v) is 3.15. The van der Waals surface area contributed by atoms with Crippen LogP contribution in [0.1, 0.15) is 29.3 Å². The monoisotopic (exact) mass is 189 g/mol. The Balaban J connectivity index is 2.61. The molecule has 0 aliphatic rings. The van der Waals surface area contributed by atoms with Crippen LogP contribution >= 0.6 is 0 Å². The zero-order valence-electron chi connectivity index (χ0n) is 8.58. The molecule has 2 heteroatoms. The van der Waals surface area contributed by atoms with Crippen LogP contribution in [0.15, 0.2) is 36.5 Å². The fourth-order valence-electron chi connectivity index (χ4n) is 1.04. The minimum Gasteiger partial charge on any atom is -0.329 e. The summed E-state index contributed by atoms with van der Waals surface area (Å²) in [4.78, 5) is 11.5. The molecule has 0 radical (unpaired) electrons. The zero-order valence-corrected chi connectivity index (χ0v) is 8.58. The summed E-state index contributed by atoms with van der Waals surface area (Å²) in [5.74, 6) is -0.0605. The van der Waals surface area contributed by atoms with E-state index in [-0.39, 0.29) is 5.91 Å². The molecular formula is C12H15NO. The summed E-state index contributed by atoms with van der Waals surface area (Å²) in [6.45, 7) is 4.02. The van der Waals surface area contributed by atoms with Crippen LogP contribution in [0.5, 0.6) is 0 Å². The molecule has 0 spiro atoms. The van der Waals surface area contributed by atoms with Crippen LogP contribution in [0.25, 0.3) is 0 Å². The predicted molar refractivity (Wildman–Crippen MR) is 58.1 cm³/mol. The molecule has 1 aromatic carbocycles. The standard InChI is InChI=1S/C12H15NO/c1-3-4-9-13-12(14)11-7-5-10(2)6-8-11/h4-9H,3H2,1-2H3,(H,13,14)/b9-4+. The van der Waals surface area contributed by atoms with E-state index in [9.17, 15) is 4.79 Å². The van der Waals surface area contributed by atoms with Gasteiger partial charge in [0.1, 0.15) is 0 Å². The topological polar surface area (TPSA) is 29.1 Å². The second-order valence-electron chi connectivity index (χ2n) is 3.15. The summed E-state index contributed by atoms with van der Waals surface area (Å²) in [5.41, 5.74) is 1.85. The van der Waals surface area contributed by atoms with E-state index >= 15 is 0 Å². The maximum atomic E-state index is 11.5. The largest absolute Gasteiger partial charge is 0.329 e. The van der Waals surface area contributed by atoms with Gasteiger partial charge in [-0.2, -0.15) is 0 Å². The van der Waals surface area contributed by atoms with Gasteiger partial charge < -0.3 is 5.32 Å². The van der Waals surface area contributed by atoms with Gasteiger partial charge in [0.15, 0.2) is 0 Å². The lowest BCUT2D eigenvalue weighted by atomic mass is 10.1. The van der Waals surface area contributed by atoms with Gasteiger partial charge in [-0.25, -0.2) is 0 Å². The number of rotatable bonds is 3. The number of carbonyl (C=O) groups is 1. The molecular weight excluding hydrogens is 174 g/mol. The maximum absolute atomic E-state index is 11.5. The van der Waals surface area contributed by atoms with Crippen molar-refractivity contribution in [3.8, 4) is 0 Å². The lowest BCUT2D eigenvalue weighted by molar-refractivity contribution is 0.0970. The van der Waals surface area contributed by atoms with Crippen molar-refractivity contribution in [1.29, 1.82) is 0 Å². The van der Waals surface area contributed by atoms with Gasteiger partial charge in [0.2, 0.25) is 0 Å². The van der Waals surface area contributed by atoms with Crippen molar-refractivity contribution in [3.05, 3.63) is 47.7 Å². The van der Waals surface area contributed by atoms with Crippen LogP contribution in [-0.4, -0.2) is 5.91 Å². The number of nitrogens with one attached hydrogen (secondary N) is 1. The molecule has 1 N–H and O–H groups in total. The first-order chi connectivity index (χ1) is 6.74. The minimum atomic E-state index is -0.0605. The predicted octanol–water partition coefficient (Wildman–Crippen LogP) is 2.65. The van der Waals surface area contributed by atoms with Gasteiger partial charge in [-0.15, -0.1) is 0 Å². The molecule has 0 aliphatic heterocycles. The van der Waals surface area contributed by atoms with Crippen LogP contribution in [0.3, 0.4) is 0 Å². The van der Waals surface area contributed by atoms with Gasteiger partial charge in [-0.05, 0) is 25.5 Å². The van der Waals surface area contributed by atoms with E-state index in [4.69, 9.17) is 0 Å². The van der Waals surface area contributed by atoms with Crippen molar-refractivity contribution in [2.45, 2.75) is 20.3 Å². The Hall–Kier alpha value is -1.57. The van der Waals surface area contributed by atoms with Crippen LogP contribution < -0.4 is 5.32 Å². The third-order valence-corrected chi connectivity index (χ3v) is 1.88. The fourth-order valence-corrected chi connectivity index (χ4v) is 1.04. The van der Waals surface area contributed by atoms with E-state index in [0.29, 0.717) is 5.56 Å². The highest BCUT2D eigenvalue weighted by Crippen LogP contribution is 2.02. The molecule has 0 aliphatic carbocycles. The first-order valence-electron chi connectivity index (χ1n) is 4.76. The van der Waals surface area contributed by atoms with Crippen LogP contribution in [0.2, 0.25) is 0 Å². The highest BCUT2D eigenvalue weighted by atomic mass is 16.1. The van der Waals surface area contributed by atoms with Crippen molar-refractivity contribution in [3.63, 3.8) is 0 Å². The number of hydrogen-bond acceptors (Lipinski definition) is 1. The number of benzene rings is 1. The number of amides is 1. The van der Waals surface area contributed by atoms with Gasteiger partial charge in [0, 0.05) is 11.8 Å². The Morgan fingerprint density at radius 3 is 2.57 bits per heavy atom. The average Bonchev–Trinajstić information content (AvgIpc) is 2.19. The highest BCUT2D eigenvalue weighted by molar-refractivity contribution is 5.94. The molecule has 0 aromatic heterocycles. The molecule has 0 atom stereocenters. The van der Waals surface area contributed by atoms with Crippen molar-refractivity contribution < 1.29 is 4.79 Å². The molecule has 1 amide bonds. The van der Waals surface area contributed by atoms with Crippen molar-refractivity contribution in [2.75, 3.05) is 0 Å².